The first-order valence-electron chi connectivity index (χ1n) is 3.64. The minimum Gasteiger partial charge on any atom is -0.496 e. The van der Waals surface area contributed by atoms with E-state index in [1.165, 1.54) is 0 Å². The van der Waals surface area contributed by atoms with Crippen molar-refractivity contribution >= 4 is 11.6 Å². The summed E-state index contributed by atoms with van der Waals surface area (Å²) in [5, 5.41) is 0. The Balaban J connectivity index is 2.68. The quantitative estimate of drug-likeness (QED) is 0.673. The van der Waals surface area contributed by atoms with Crippen LogP contribution in [0.2, 0.25) is 0 Å². The van der Waals surface area contributed by atoms with Gasteiger partial charge < -0.3 is 9.47 Å². The highest BCUT2D eigenvalue weighted by Gasteiger charge is 1.99. The molecule has 0 saturated heterocycles. The second-order valence-corrected chi connectivity index (χ2v) is 2.49. The molecule has 0 unspecified atom stereocenters. The van der Waals surface area contributed by atoms with Crippen molar-refractivity contribution in [2.75, 3.05) is 13.2 Å². The van der Waals surface area contributed by atoms with Crippen LogP contribution in [-0.2, 0) is 11.3 Å². The summed E-state index contributed by atoms with van der Waals surface area (Å²) in [6.07, 6.45) is 0. The largest absolute Gasteiger partial charge is 0.496 e. The van der Waals surface area contributed by atoms with E-state index in [4.69, 9.17) is 21.1 Å². The fraction of sp³-hybridized carbons (Fsp3) is 0.333. The molecule has 0 aliphatic carbocycles. The van der Waals surface area contributed by atoms with Crippen LogP contribution in [0.4, 0.5) is 0 Å². The molecule has 1 aromatic carbocycles. The monoisotopic (exact) mass is 186 g/mol. The maximum atomic E-state index is 5.38. The summed E-state index contributed by atoms with van der Waals surface area (Å²) in [7, 11) is 1.64. The van der Waals surface area contributed by atoms with Crippen molar-refractivity contribution in [2.45, 2.75) is 6.61 Å². The van der Waals surface area contributed by atoms with E-state index in [1.807, 2.05) is 24.3 Å². The molecule has 0 N–H and O–H groups in total. The van der Waals surface area contributed by atoms with Crippen LogP contribution in [0.15, 0.2) is 24.3 Å². The van der Waals surface area contributed by atoms with Gasteiger partial charge in [0.1, 0.15) is 11.8 Å². The maximum absolute atomic E-state index is 5.38. The Hall–Kier alpha value is -0.730. The van der Waals surface area contributed by atoms with Gasteiger partial charge in [-0.3, -0.25) is 0 Å². The third kappa shape index (κ3) is 2.40. The zero-order chi connectivity index (χ0) is 8.81. The molecule has 0 aliphatic heterocycles. The summed E-state index contributed by atoms with van der Waals surface area (Å²) in [4.78, 5) is 0. The number of hydrogen-bond donors (Lipinski definition) is 0. The number of methoxy groups -OCH3 is 1. The Labute approximate surface area is 77.1 Å². The highest BCUT2D eigenvalue weighted by Crippen LogP contribution is 2.17. The van der Waals surface area contributed by atoms with E-state index in [-0.39, 0.29) is 6.07 Å². The molecule has 0 bridgehead atoms. The van der Waals surface area contributed by atoms with E-state index in [0.717, 1.165) is 11.3 Å². The van der Waals surface area contributed by atoms with Gasteiger partial charge in [-0.1, -0.05) is 29.8 Å². The highest BCUT2D eigenvalue weighted by molar-refractivity contribution is 6.17. The van der Waals surface area contributed by atoms with E-state index in [1.54, 1.807) is 7.11 Å². The topological polar surface area (TPSA) is 18.5 Å². The van der Waals surface area contributed by atoms with Gasteiger partial charge in [-0.25, -0.2) is 0 Å². The molecule has 66 valence electrons. The zero-order valence-electron chi connectivity index (χ0n) is 6.92. The molecule has 12 heavy (non-hydrogen) atoms. The summed E-state index contributed by atoms with van der Waals surface area (Å²) >= 11 is 5.38. The third-order valence-electron chi connectivity index (χ3n) is 1.53. The molecule has 3 heteroatoms. The average molecular weight is 187 g/mol. The van der Waals surface area contributed by atoms with Crippen LogP contribution in [0.5, 0.6) is 5.75 Å². The SMILES string of the molecule is COc1ccccc1COCCl. The molecule has 0 fully saturated rings. The van der Waals surface area contributed by atoms with Crippen LogP contribution in [0, 0.1) is 0 Å². The van der Waals surface area contributed by atoms with E-state index < -0.39 is 0 Å². The van der Waals surface area contributed by atoms with E-state index in [2.05, 4.69) is 0 Å². The van der Waals surface area contributed by atoms with Gasteiger partial charge in [-0.15, -0.1) is 0 Å². The summed E-state index contributed by atoms with van der Waals surface area (Å²) < 4.78 is 10.2. The number of ether oxygens (including phenoxy) is 2. The van der Waals surface area contributed by atoms with Gasteiger partial charge in [0.2, 0.25) is 0 Å². The summed E-state index contributed by atoms with van der Waals surface area (Å²) in [5.41, 5.74) is 1.01. The number of para-hydroxylation sites is 1. The van der Waals surface area contributed by atoms with Gasteiger partial charge in [-0.2, -0.15) is 0 Å². The molecule has 0 spiro atoms. The Morgan fingerprint density at radius 2 is 2.08 bits per heavy atom. The Bertz CT molecular complexity index is 238. The number of hydrogen-bond acceptors (Lipinski definition) is 2. The average Bonchev–Trinajstić information content (AvgIpc) is 2.15. The standard InChI is InChI=1S/C9H11ClO2/c1-11-9-5-3-2-4-8(9)6-12-7-10/h2-5H,6-7H2,1H3. The van der Waals surface area contributed by atoms with Crippen molar-refractivity contribution in [1.82, 2.24) is 0 Å². The second kappa shape index (κ2) is 5.01. The smallest absolute Gasteiger partial charge is 0.124 e. The lowest BCUT2D eigenvalue weighted by atomic mass is 10.2. The molecular formula is C9H11ClO2. The normalized spacial score (nSPS) is 9.83. The van der Waals surface area contributed by atoms with Crippen molar-refractivity contribution in [3.8, 4) is 5.75 Å². The predicted octanol–water partition coefficient (Wildman–Crippen LogP) is 2.41. The van der Waals surface area contributed by atoms with Crippen LogP contribution >= 0.6 is 11.6 Å². The molecule has 0 saturated carbocycles. The van der Waals surface area contributed by atoms with Crippen molar-refractivity contribution in [3.63, 3.8) is 0 Å². The molecular weight excluding hydrogens is 176 g/mol. The Morgan fingerprint density at radius 1 is 1.33 bits per heavy atom. The minimum atomic E-state index is 0.206. The summed E-state index contributed by atoms with van der Waals surface area (Å²) in [5.74, 6) is 0.836. The van der Waals surface area contributed by atoms with Crippen LogP contribution < -0.4 is 4.74 Å². The molecule has 1 aromatic rings. The summed E-state index contributed by atoms with van der Waals surface area (Å²) in [6, 6.07) is 7.91. The van der Waals surface area contributed by atoms with Gasteiger partial charge in [0.25, 0.3) is 0 Å². The zero-order valence-corrected chi connectivity index (χ0v) is 7.67. The van der Waals surface area contributed by atoms with Crippen LogP contribution in [0.1, 0.15) is 5.56 Å². The molecule has 0 aromatic heterocycles. The first-order chi connectivity index (χ1) is 5.88. The fourth-order valence-corrected chi connectivity index (χ4v) is 1.05. The first kappa shape index (κ1) is 9.36. The van der Waals surface area contributed by atoms with E-state index in [0.29, 0.717) is 6.61 Å². The van der Waals surface area contributed by atoms with E-state index >= 15 is 0 Å². The Morgan fingerprint density at radius 3 is 2.75 bits per heavy atom. The summed E-state index contributed by atoms with van der Waals surface area (Å²) in [6.45, 7) is 0.494. The number of rotatable bonds is 4. The number of benzene rings is 1. The molecule has 0 aliphatic rings. The lowest BCUT2D eigenvalue weighted by Crippen LogP contribution is -1.94. The number of alkyl halides is 1. The van der Waals surface area contributed by atoms with Crippen molar-refractivity contribution < 1.29 is 9.47 Å². The van der Waals surface area contributed by atoms with Gasteiger partial charge in [0.05, 0.1) is 13.7 Å². The first-order valence-corrected chi connectivity index (χ1v) is 4.17. The molecule has 0 amide bonds. The van der Waals surface area contributed by atoms with Gasteiger partial charge in [0.15, 0.2) is 0 Å². The molecule has 0 heterocycles. The Kier molecular flexibility index (Phi) is 3.91. The van der Waals surface area contributed by atoms with Gasteiger partial charge in [-0.05, 0) is 6.07 Å². The van der Waals surface area contributed by atoms with Gasteiger partial charge >= 0.3 is 0 Å². The maximum Gasteiger partial charge on any atom is 0.124 e. The minimum absolute atomic E-state index is 0.206. The van der Waals surface area contributed by atoms with E-state index in [9.17, 15) is 0 Å². The van der Waals surface area contributed by atoms with Crippen LogP contribution in [0.3, 0.4) is 0 Å². The van der Waals surface area contributed by atoms with Crippen LogP contribution in [0.25, 0.3) is 0 Å². The van der Waals surface area contributed by atoms with Crippen LogP contribution in [-0.4, -0.2) is 13.2 Å². The highest BCUT2D eigenvalue weighted by atomic mass is 35.5. The van der Waals surface area contributed by atoms with Gasteiger partial charge in [0, 0.05) is 5.56 Å². The lowest BCUT2D eigenvalue weighted by Gasteiger charge is -2.06. The number of halogens is 1. The van der Waals surface area contributed by atoms with Crippen molar-refractivity contribution in [1.29, 1.82) is 0 Å². The van der Waals surface area contributed by atoms with Crippen molar-refractivity contribution in [2.24, 2.45) is 0 Å². The molecule has 0 radical (unpaired) electrons. The lowest BCUT2D eigenvalue weighted by molar-refractivity contribution is 0.162. The third-order valence-corrected chi connectivity index (χ3v) is 1.68. The molecule has 1 rings (SSSR count). The fourth-order valence-electron chi connectivity index (χ4n) is 0.971. The molecule has 0 atom stereocenters. The van der Waals surface area contributed by atoms with Crippen molar-refractivity contribution in [3.05, 3.63) is 29.8 Å². The predicted molar refractivity (Wildman–Crippen MR) is 48.5 cm³/mol. The molecule has 2 nitrogen and oxygen atoms in total. The second-order valence-electron chi connectivity index (χ2n) is 2.27.